The van der Waals surface area contributed by atoms with Crippen LogP contribution < -0.4 is 10.9 Å². The van der Waals surface area contributed by atoms with Crippen molar-refractivity contribution in [1.29, 1.82) is 0 Å². The standard InChI is InChI=1S/C26H34N6O2/c1-27-26-28-15-23-21-7-2-17(16-31-13-12-30-10-8-18(31)9-11-30)14-22(21)25(34)32(24(23)29-26)19-3-5-20(33)6-4-19/h2,7,14-15,18-20,33H,3-6,8-13,16H2,1H3,(H,27,28,29). The van der Waals surface area contributed by atoms with Crippen LogP contribution in [0.2, 0.25) is 0 Å². The summed E-state index contributed by atoms with van der Waals surface area (Å²) < 4.78 is 1.89. The van der Waals surface area contributed by atoms with Crippen LogP contribution in [0.3, 0.4) is 0 Å². The van der Waals surface area contributed by atoms with Crippen molar-refractivity contribution in [3.05, 3.63) is 40.3 Å². The smallest absolute Gasteiger partial charge is 0.260 e. The minimum atomic E-state index is -0.270. The zero-order valence-corrected chi connectivity index (χ0v) is 19.9. The van der Waals surface area contributed by atoms with Crippen molar-refractivity contribution in [3.63, 3.8) is 0 Å². The first-order valence-electron chi connectivity index (χ1n) is 12.8. The Bertz CT molecular complexity index is 1260. The van der Waals surface area contributed by atoms with Gasteiger partial charge in [-0.1, -0.05) is 12.1 Å². The number of rotatable bonds is 4. The van der Waals surface area contributed by atoms with Crippen molar-refractivity contribution in [2.75, 3.05) is 38.5 Å². The molecule has 4 aliphatic rings. The summed E-state index contributed by atoms with van der Waals surface area (Å²) in [6.07, 6.45) is 7.05. The van der Waals surface area contributed by atoms with Crippen molar-refractivity contribution < 1.29 is 5.11 Å². The summed E-state index contributed by atoms with van der Waals surface area (Å²) in [4.78, 5) is 28.3. The highest BCUT2D eigenvalue weighted by Gasteiger charge is 2.29. The quantitative estimate of drug-likeness (QED) is 0.577. The monoisotopic (exact) mass is 462 g/mol. The van der Waals surface area contributed by atoms with E-state index >= 15 is 0 Å². The van der Waals surface area contributed by atoms with E-state index in [0.29, 0.717) is 30.5 Å². The molecule has 8 heteroatoms. The fourth-order valence-electron chi connectivity index (χ4n) is 6.25. The van der Waals surface area contributed by atoms with Crippen molar-refractivity contribution in [1.82, 2.24) is 24.3 Å². The third kappa shape index (κ3) is 3.87. The molecular formula is C26H34N6O2. The fourth-order valence-corrected chi connectivity index (χ4v) is 6.25. The summed E-state index contributed by atoms with van der Waals surface area (Å²) >= 11 is 0. The van der Waals surface area contributed by atoms with Crippen LogP contribution >= 0.6 is 0 Å². The molecule has 2 bridgehead atoms. The predicted molar refractivity (Wildman–Crippen MR) is 134 cm³/mol. The van der Waals surface area contributed by atoms with Gasteiger partial charge in [0.15, 0.2) is 0 Å². The van der Waals surface area contributed by atoms with Crippen molar-refractivity contribution in [2.24, 2.45) is 0 Å². The molecule has 1 aliphatic carbocycles. The lowest BCUT2D eigenvalue weighted by Gasteiger charge is -2.31. The van der Waals surface area contributed by atoms with E-state index in [2.05, 4.69) is 38.3 Å². The SMILES string of the molecule is CNc1ncc2c3ccc(CN4CCN5CCC4CC5)cc3c(=O)n(C3CCC(O)CC3)c2n1. The zero-order valence-electron chi connectivity index (χ0n) is 19.9. The predicted octanol–water partition coefficient (Wildman–Crippen LogP) is 2.74. The maximum absolute atomic E-state index is 13.9. The Hall–Kier alpha value is -2.55. The number of anilines is 1. The molecule has 0 radical (unpaired) electrons. The molecule has 1 aromatic carbocycles. The molecule has 0 atom stereocenters. The van der Waals surface area contributed by atoms with Gasteiger partial charge in [0.25, 0.3) is 5.56 Å². The van der Waals surface area contributed by atoms with Gasteiger partial charge in [-0.05, 0) is 68.6 Å². The molecule has 34 heavy (non-hydrogen) atoms. The largest absolute Gasteiger partial charge is 0.393 e. The number of benzene rings is 1. The number of aliphatic hydroxyl groups is 1. The molecule has 3 aliphatic heterocycles. The van der Waals surface area contributed by atoms with Crippen LogP contribution in [-0.4, -0.2) is 74.8 Å². The molecule has 7 rings (SSSR count). The number of hydrogen-bond donors (Lipinski definition) is 2. The first-order valence-corrected chi connectivity index (χ1v) is 12.8. The first-order chi connectivity index (χ1) is 16.6. The van der Waals surface area contributed by atoms with Crippen LogP contribution in [-0.2, 0) is 6.54 Å². The molecule has 3 saturated heterocycles. The zero-order chi connectivity index (χ0) is 23.2. The van der Waals surface area contributed by atoms with Crippen LogP contribution in [0.4, 0.5) is 5.95 Å². The average molecular weight is 463 g/mol. The third-order valence-electron chi connectivity index (χ3n) is 8.24. The Labute approximate surface area is 199 Å². The summed E-state index contributed by atoms with van der Waals surface area (Å²) in [5.41, 5.74) is 1.90. The minimum absolute atomic E-state index is 0.0226. The number of nitrogens with one attached hydrogen (secondary N) is 1. The van der Waals surface area contributed by atoms with Gasteiger partial charge in [-0.25, -0.2) is 4.98 Å². The highest BCUT2D eigenvalue weighted by molar-refractivity contribution is 6.04. The number of hydrogen-bond acceptors (Lipinski definition) is 7. The molecule has 3 aromatic rings. The van der Waals surface area contributed by atoms with E-state index in [-0.39, 0.29) is 17.7 Å². The number of piperidine rings is 1. The van der Waals surface area contributed by atoms with Gasteiger partial charge in [0.2, 0.25) is 5.95 Å². The van der Waals surface area contributed by atoms with Gasteiger partial charge in [-0.2, -0.15) is 4.98 Å². The molecule has 180 valence electrons. The van der Waals surface area contributed by atoms with Crippen LogP contribution in [0.25, 0.3) is 21.8 Å². The molecule has 0 unspecified atom stereocenters. The molecule has 2 N–H and O–H groups in total. The fraction of sp³-hybridized carbons (Fsp3) is 0.577. The van der Waals surface area contributed by atoms with E-state index in [1.165, 1.54) is 31.5 Å². The van der Waals surface area contributed by atoms with Gasteiger partial charge in [-0.15, -0.1) is 0 Å². The second kappa shape index (κ2) is 8.91. The molecule has 2 aromatic heterocycles. The van der Waals surface area contributed by atoms with Gasteiger partial charge in [0, 0.05) is 55.7 Å². The van der Waals surface area contributed by atoms with Gasteiger partial charge < -0.3 is 15.3 Å². The second-order valence-electron chi connectivity index (χ2n) is 10.2. The van der Waals surface area contributed by atoms with Gasteiger partial charge >= 0.3 is 0 Å². The molecule has 4 fully saturated rings. The van der Waals surface area contributed by atoms with Crippen LogP contribution in [0, 0.1) is 0 Å². The van der Waals surface area contributed by atoms with Crippen molar-refractivity contribution in [3.8, 4) is 0 Å². The lowest BCUT2D eigenvalue weighted by Crippen LogP contribution is -2.37. The highest BCUT2D eigenvalue weighted by Crippen LogP contribution is 2.32. The molecular weight excluding hydrogens is 428 g/mol. The molecule has 8 nitrogen and oxygen atoms in total. The second-order valence-corrected chi connectivity index (χ2v) is 10.2. The van der Waals surface area contributed by atoms with E-state index in [1.54, 1.807) is 7.05 Å². The van der Waals surface area contributed by atoms with E-state index in [9.17, 15) is 9.90 Å². The highest BCUT2D eigenvalue weighted by atomic mass is 16.3. The summed E-state index contributed by atoms with van der Waals surface area (Å²) in [5, 5.41) is 15.6. The normalized spacial score (nSPS) is 27.8. The number of fused-ring (bicyclic) bond motifs is 7. The lowest BCUT2D eigenvalue weighted by molar-refractivity contribution is 0.111. The number of aliphatic hydroxyl groups excluding tert-OH is 1. The summed E-state index contributed by atoms with van der Waals surface area (Å²) in [6.45, 7) is 5.53. The molecule has 0 amide bonds. The van der Waals surface area contributed by atoms with Crippen molar-refractivity contribution in [2.45, 2.75) is 63.3 Å². The van der Waals surface area contributed by atoms with Crippen LogP contribution in [0.1, 0.15) is 50.1 Å². The minimum Gasteiger partial charge on any atom is -0.393 e. The Morgan fingerprint density at radius 3 is 2.53 bits per heavy atom. The Morgan fingerprint density at radius 2 is 1.76 bits per heavy atom. The van der Waals surface area contributed by atoms with E-state index in [4.69, 9.17) is 4.98 Å². The maximum Gasteiger partial charge on any atom is 0.260 e. The van der Waals surface area contributed by atoms with Crippen molar-refractivity contribution >= 4 is 27.8 Å². The molecule has 1 saturated carbocycles. The summed E-state index contributed by atoms with van der Waals surface area (Å²) in [7, 11) is 1.79. The molecule has 5 heterocycles. The van der Waals surface area contributed by atoms with Gasteiger partial charge in [0.05, 0.1) is 6.10 Å². The topological polar surface area (TPSA) is 86.5 Å². The Kier molecular flexibility index (Phi) is 5.75. The Balaban J connectivity index is 1.45. The molecule has 0 spiro atoms. The summed E-state index contributed by atoms with van der Waals surface area (Å²) in [5.74, 6) is 0.513. The van der Waals surface area contributed by atoms with Crippen LogP contribution in [0.15, 0.2) is 29.2 Å². The van der Waals surface area contributed by atoms with Gasteiger partial charge in [0.1, 0.15) is 5.65 Å². The first kappa shape index (κ1) is 21.9. The number of pyridine rings is 1. The Morgan fingerprint density at radius 1 is 0.971 bits per heavy atom. The van der Waals surface area contributed by atoms with Crippen LogP contribution in [0.5, 0.6) is 0 Å². The lowest BCUT2D eigenvalue weighted by atomic mass is 9.92. The van der Waals surface area contributed by atoms with E-state index in [1.807, 2.05) is 10.8 Å². The van der Waals surface area contributed by atoms with E-state index < -0.39 is 0 Å². The summed E-state index contributed by atoms with van der Waals surface area (Å²) in [6, 6.07) is 7.05. The van der Waals surface area contributed by atoms with Gasteiger partial charge in [-0.3, -0.25) is 14.3 Å². The van der Waals surface area contributed by atoms with E-state index in [0.717, 1.165) is 48.6 Å². The number of aromatic nitrogens is 3. The number of nitrogens with zero attached hydrogens (tertiary/aromatic N) is 5. The maximum atomic E-state index is 13.9. The third-order valence-corrected chi connectivity index (χ3v) is 8.24. The average Bonchev–Trinajstić information content (AvgIpc) is 3.18.